The van der Waals surface area contributed by atoms with Gasteiger partial charge in [-0.1, -0.05) is 19.1 Å². The number of aryl methyl sites for hydroxylation is 1. The van der Waals surface area contributed by atoms with Gasteiger partial charge in [0.15, 0.2) is 0 Å². The van der Waals surface area contributed by atoms with Crippen LogP contribution in [-0.2, 0) is 6.54 Å². The molecule has 0 saturated heterocycles. The average Bonchev–Trinajstić information content (AvgIpc) is 3.14. The van der Waals surface area contributed by atoms with Crippen molar-refractivity contribution in [2.75, 3.05) is 6.54 Å². The molecule has 1 heterocycles. The van der Waals surface area contributed by atoms with Gasteiger partial charge in [-0.25, -0.2) is 4.98 Å². The third-order valence-electron chi connectivity index (χ3n) is 3.67. The molecule has 0 bridgehead atoms. The van der Waals surface area contributed by atoms with Crippen LogP contribution in [0.4, 0.5) is 0 Å². The Morgan fingerprint density at radius 1 is 1.39 bits per heavy atom. The van der Waals surface area contributed by atoms with Crippen LogP contribution in [0.2, 0.25) is 0 Å². The number of benzene rings is 1. The minimum absolute atomic E-state index is 0.641. The number of fused-ring (bicyclic) bond motifs is 1. The number of nitrogens with zero attached hydrogens (tertiary/aromatic N) is 2. The van der Waals surface area contributed by atoms with E-state index < -0.39 is 0 Å². The van der Waals surface area contributed by atoms with Crippen molar-refractivity contribution in [2.45, 2.75) is 39.3 Å². The van der Waals surface area contributed by atoms with Gasteiger partial charge in [0.2, 0.25) is 0 Å². The minimum Gasteiger partial charge on any atom is -0.328 e. The van der Waals surface area contributed by atoms with Crippen molar-refractivity contribution in [3.63, 3.8) is 0 Å². The van der Waals surface area contributed by atoms with E-state index in [1.54, 1.807) is 0 Å². The van der Waals surface area contributed by atoms with Gasteiger partial charge in [-0.05, 0) is 44.4 Å². The SMILES string of the molecule is Cc1nc2ccccc2n1CC(C)CNC1CC1. The number of nitrogens with one attached hydrogen (secondary N) is 1. The zero-order valence-corrected chi connectivity index (χ0v) is 11.2. The third-order valence-corrected chi connectivity index (χ3v) is 3.67. The van der Waals surface area contributed by atoms with Gasteiger partial charge >= 0.3 is 0 Å². The first kappa shape index (κ1) is 11.7. The third kappa shape index (κ3) is 2.41. The molecular formula is C15H21N3. The average molecular weight is 243 g/mol. The maximum Gasteiger partial charge on any atom is 0.106 e. The fourth-order valence-corrected chi connectivity index (χ4v) is 2.46. The minimum atomic E-state index is 0.641. The van der Waals surface area contributed by atoms with Crippen LogP contribution in [0.1, 0.15) is 25.6 Å². The van der Waals surface area contributed by atoms with Crippen LogP contribution >= 0.6 is 0 Å². The quantitative estimate of drug-likeness (QED) is 0.875. The molecule has 18 heavy (non-hydrogen) atoms. The van der Waals surface area contributed by atoms with Gasteiger partial charge in [0.25, 0.3) is 0 Å². The maximum absolute atomic E-state index is 4.62. The monoisotopic (exact) mass is 243 g/mol. The van der Waals surface area contributed by atoms with E-state index in [-0.39, 0.29) is 0 Å². The molecule has 1 fully saturated rings. The van der Waals surface area contributed by atoms with Gasteiger partial charge in [0.05, 0.1) is 11.0 Å². The maximum atomic E-state index is 4.62. The van der Waals surface area contributed by atoms with Crippen molar-refractivity contribution in [2.24, 2.45) is 5.92 Å². The fraction of sp³-hybridized carbons (Fsp3) is 0.533. The largest absolute Gasteiger partial charge is 0.328 e. The molecular weight excluding hydrogens is 222 g/mol. The topological polar surface area (TPSA) is 29.9 Å². The normalized spacial score (nSPS) is 17.2. The number of imidazole rings is 1. The lowest BCUT2D eigenvalue weighted by Crippen LogP contribution is -2.26. The Balaban J connectivity index is 1.74. The molecule has 3 heteroatoms. The summed E-state index contributed by atoms with van der Waals surface area (Å²) < 4.78 is 2.34. The molecule has 1 aliphatic rings. The van der Waals surface area contributed by atoms with E-state index in [4.69, 9.17) is 0 Å². The molecule has 96 valence electrons. The molecule has 1 saturated carbocycles. The molecule has 1 aromatic carbocycles. The summed E-state index contributed by atoms with van der Waals surface area (Å²) in [4.78, 5) is 4.62. The predicted octanol–water partition coefficient (Wildman–Crippen LogP) is 2.73. The Morgan fingerprint density at radius 2 is 2.17 bits per heavy atom. The molecule has 0 spiro atoms. The van der Waals surface area contributed by atoms with Crippen LogP contribution < -0.4 is 5.32 Å². The van der Waals surface area contributed by atoms with Gasteiger partial charge in [0, 0.05) is 12.6 Å². The van der Waals surface area contributed by atoms with Crippen LogP contribution in [0.25, 0.3) is 11.0 Å². The van der Waals surface area contributed by atoms with Gasteiger partial charge in [-0.2, -0.15) is 0 Å². The Bertz CT molecular complexity index is 540. The lowest BCUT2D eigenvalue weighted by molar-refractivity contribution is 0.445. The van der Waals surface area contributed by atoms with E-state index in [0.717, 1.165) is 30.5 Å². The molecule has 1 atom stereocenters. The second kappa shape index (κ2) is 4.73. The van der Waals surface area contributed by atoms with Crippen molar-refractivity contribution in [1.29, 1.82) is 0 Å². The fourth-order valence-electron chi connectivity index (χ4n) is 2.46. The van der Waals surface area contributed by atoms with Crippen molar-refractivity contribution < 1.29 is 0 Å². The summed E-state index contributed by atoms with van der Waals surface area (Å²) in [6.45, 7) is 6.56. The number of hydrogen-bond donors (Lipinski definition) is 1. The first-order chi connectivity index (χ1) is 8.74. The summed E-state index contributed by atoms with van der Waals surface area (Å²) in [5, 5.41) is 3.60. The van der Waals surface area contributed by atoms with Crippen molar-refractivity contribution in [3.8, 4) is 0 Å². The Labute approximate surface area is 108 Å². The van der Waals surface area contributed by atoms with Gasteiger partial charge < -0.3 is 9.88 Å². The first-order valence-electron chi connectivity index (χ1n) is 6.89. The number of hydrogen-bond acceptors (Lipinski definition) is 2. The van der Waals surface area contributed by atoms with Crippen LogP contribution in [-0.4, -0.2) is 22.1 Å². The van der Waals surface area contributed by atoms with Crippen molar-refractivity contribution >= 4 is 11.0 Å². The Kier molecular flexibility index (Phi) is 3.08. The lowest BCUT2D eigenvalue weighted by atomic mass is 10.1. The highest BCUT2D eigenvalue weighted by molar-refractivity contribution is 5.75. The summed E-state index contributed by atoms with van der Waals surface area (Å²) in [5.74, 6) is 1.76. The molecule has 2 aromatic rings. The molecule has 1 unspecified atom stereocenters. The summed E-state index contributed by atoms with van der Waals surface area (Å²) in [5.41, 5.74) is 2.37. The van der Waals surface area contributed by atoms with Crippen molar-refractivity contribution in [3.05, 3.63) is 30.1 Å². The Morgan fingerprint density at radius 3 is 2.94 bits per heavy atom. The summed E-state index contributed by atoms with van der Waals surface area (Å²) >= 11 is 0. The lowest BCUT2D eigenvalue weighted by Gasteiger charge is -2.15. The van der Waals surface area contributed by atoms with Gasteiger partial charge in [0.1, 0.15) is 5.82 Å². The second-order valence-corrected chi connectivity index (χ2v) is 5.55. The molecule has 0 radical (unpaired) electrons. The highest BCUT2D eigenvalue weighted by Crippen LogP contribution is 2.20. The molecule has 3 rings (SSSR count). The van der Waals surface area contributed by atoms with E-state index in [1.807, 2.05) is 0 Å². The second-order valence-electron chi connectivity index (χ2n) is 5.55. The predicted molar refractivity (Wildman–Crippen MR) is 74.7 cm³/mol. The van der Waals surface area contributed by atoms with Crippen LogP contribution in [0, 0.1) is 12.8 Å². The van der Waals surface area contributed by atoms with Gasteiger partial charge in [-0.3, -0.25) is 0 Å². The molecule has 3 nitrogen and oxygen atoms in total. The van der Waals surface area contributed by atoms with E-state index in [9.17, 15) is 0 Å². The van der Waals surface area contributed by atoms with Crippen LogP contribution in [0.5, 0.6) is 0 Å². The van der Waals surface area contributed by atoms with E-state index in [2.05, 4.69) is 53.0 Å². The highest BCUT2D eigenvalue weighted by atomic mass is 15.1. The van der Waals surface area contributed by atoms with Crippen LogP contribution in [0.15, 0.2) is 24.3 Å². The zero-order chi connectivity index (χ0) is 12.5. The zero-order valence-electron chi connectivity index (χ0n) is 11.2. The number of rotatable bonds is 5. The number of aromatic nitrogens is 2. The molecule has 1 aliphatic carbocycles. The van der Waals surface area contributed by atoms with E-state index in [1.165, 1.54) is 18.4 Å². The smallest absolute Gasteiger partial charge is 0.106 e. The summed E-state index contributed by atoms with van der Waals surface area (Å²) in [7, 11) is 0. The first-order valence-corrected chi connectivity index (χ1v) is 6.89. The molecule has 0 aliphatic heterocycles. The Hall–Kier alpha value is -1.35. The summed E-state index contributed by atoms with van der Waals surface area (Å²) in [6.07, 6.45) is 2.72. The van der Waals surface area contributed by atoms with E-state index in [0.29, 0.717) is 5.92 Å². The summed E-state index contributed by atoms with van der Waals surface area (Å²) in [6, 6.07) is 9.19. The van der Waals surface area contributed by atoms with Gasteiger partial charge in [-0.15, -0.1) is 0 Å². The van der Waals surface area contributed by atoms with E-state index >= 15 is 0 Å². The molecule has 1 N–H and O–H groups in total. The van der Waals surface area contributed by atoms with Crippen LogP contribution in [0.3, 0.4) is 0 Å². The standard InChI is InChI=1S/C15H21N3/c1-11(9-16-13-7-8-13)10-18-12(2)17-14-5-3-4-6-15(14)18/h3-6,11,13,16H,7-10H2,1-2H3. The highest BCUT2D eigenvalue weighted by Gasteiger charge is 2.21. The molecule has 1 aromatic heterocycles. The van der Waals surface area contributed by atoms with Crippen molar-refractivity contribution in [1.82, 2.24) is 14.9 Å². The number of para-hydroxylation sites is 2. The molecule has 0 amide bonds.